The molecule has 0 radical (unpaired) electrons. The lowest BCUT2D eigenvalue weighted by Gasteiger charge is -2.17. The molecule has 0 aliphatic rings. The van der Waals surface area contributed by atoms with E-state index in [1.807, 2.05) is 19.1 Å². The fraction of sp³-hybridized carbons (Fsp3) is 0.500. The molecule has 5 heteroatoms. The van der Waals surface area contributed by atoms with Crippen molar-refractivity contribution in [2.75, 3.05) is 19.8 Å². The van der Waals surface area contributed by atoms with Crippen LogP contribution < -0.4 is 0 Å². The SMILES string of the molecule is Cc1ccccc1C(CO)COCC(F)(F)F. The summed E-state index contributed by atoms with van der Waals surface area (Å²) in [5.41, 5.74) is 1.75. The van der Waals surface area contributed by atoms with Crippen LogP contribution >= 0.6 is 0 Å². The highest BCUT2D eigenvalue weighted by Gasteiger charge is 2.28. The van der Waals surface area contributed by atoms with E-state index in [4.69, 9.17) is 0 Å². The van der Waals surface area contributed by atoms with E-state index in [1.165, 1.54) is 0 Å². The molecule has 1 unspecified atom stereocenters. The van der Waals surface area contributed by atoms with Gasteiger partial charge in [-0.15, -0.1) is 0 Å². The Kier molecular flexibility index (Phi) is 4.96. The third-order valence-corrected chi connectivity index (χ3v) is 2.43. The molecule has 0 fully saturated rings. The van der Waals surface area contributed by atoms with Crippen LogP contribution in [0.2, 0.25) is 0 Å². The van der Waals surface area contributed by atoms with Gasteiger partial charge < -0.3 is 9.84 Å². The summed E-state index contributed by atoms with van der Waals surface area (Å²) in [6.45, 7) is 0.195. The summed E-state index contributed by atoms with van der Waals surface area (Å²) >= 11 is 0. The highest BCUT2D eigenvalue weighted by molar-refractivity contribution is 5.29. The second-order valence-electron chi connectivity index (χ2n) is 3.87. The number of hydrogen-bond donors (Lipinski definition) is 1. The molecule has 2 nitrogen and oxygen atoms in total. The van der Waals surface area contributed by atoms with Gasteiger partial charge in [-0.05, 0) is 18.1 Å². The maximum atomic E-state index is 11.9. The van der Waals surface area contributed by atoms with Gasteiger partial charge in [0.25, 0.3) is 0 Å². The fourth-order valence-corrected chi connectivity index (χ4v) is 1.60. The lowest BCUT2D eigenvalue weighted by atomic mass is 9.96. The smallest absolute Gasteiger partial charge is 0.396 e. The Morgan fingerprint density at radius 2 is 1.94 bits per heavy atom. The summed E-state index contributed by atoms with van der Waals surface area (Å²) in [5, 5.41) is 9.17. The number of halogens is 3. The van der Waals surface area contributed by atoms with Gasteiger partial charge in [-0.3, -0.25) is 0 Å². The predicted octanol–water partition coefficient (Wildman–Crippen LogP) is 2.65. The molecule has 1 rings (SSSR count). The van der Waals surface area contributed by atoms with Crippen LogP contribution in [0.1, 0.15) is 17.0 Å². The number of ether oxygens (including phenoxy) is 1. The van der Waals surface area contributed by atoms with E-state index in [0.29, 0.717) is 0 Å². The average molecular weight is 248 g/mol. The normalized spacial score (nSPS) is 13.7. The van der Waals surface area contributed by atoms with Crippen LogP contribution in [0.15, 0.2) is 24.3 Å². The summed E-state index contributed by atoms with van der Waals surface area (Å²) in [5.74, 6) is -0.418. The number of aliphatic hydroxyl groups excluding tert-OH is 1. The minimum absolute atomic E-state index is 0.138. The van der Waals surface area contributed by atoms with Crippen molar-refractivity contribution >= 4 is 0 Å². The molecule has 0 aliphatic heterocycles. The molecule has 0 bridgehead atoms. The predicted molar refractivity (Wildman–Crippen MR) is 57.9 cm³/mol. The van der Waals surface area contributed by atoms with Gasteiger partial charge in [-0.25, -0.2) is 0 Å². The highest BCUT2D eigenvalue weighted by atomic mass is 19.4. The van der Waals surface area contributed by atoms with Crippen molar-refractivity contribution in [1.82, 2.24) is 0 Å². The molecule has 0 amide bonds. The zero-order chi connectivity index (χ0) is 12.9. The molecule has 0 aliphatic carbocycles. The standard InChI is InChI=1S/C12H15F3O2/c1-9-4-2-3-5-11(9)10(6-16)7-17-8-12(13,14)15/h2-5,10,16H,6-8H2,1H3. The Bertz CT molecular complexity index is 350. The van der Waals surface area contributed by atoms with Crippen LogP contribution in [0, 0.1) is 6.92 Å². The zero-order valence-electron chi connectivity index (χ0n) is 9.50. The minimum Gasteiger partial charge on any atom is -0.396 e. The number of aliphatic hydroxyl groups is 1. The van der Waals surface area contributed by atoms with Crippen LogP contribution in [0.5, 0.6) is 0 Å². The first-order valence-electron chi connectivity index (χ1n) is 5.25. The molecule has 17 heavy (non-hydrogen) atoms. The Hall–Kier alpha value is -1.07. The summed E-state index contributed by atoms with van der Waals surface area (Å²) in [7, 11) is 0. The quantitative estimate of drug-likeness (QED) is 0.868. The maximum Gasteiger partial charge on any atom is 0.411 e. The van der Waals surface area contributed by atoms with Crippen LogP contribution in [0.4, 0.5) is 13.2 Å². The van der Waals surface area contributed by atoms with Crippen molar-refractivity contribution in [3.63, 3.8) is 0 Å². The topological polar surface area (TPSA) is 29.5 Å². The van der Waals surface area contributed by atoms with Gasteiger partial charge in [0.1, 0.15) is 6.61 Å². The molecule has 1 aromatic carbocycles. The Morgan fingerprint density at radius 1 is 1.29 bits per heavy atom. The Balaban J connectivity index is 2.58. The molecule has 1 aromatic rings. The van der Waals surface area contributed by atoms with Crippen molar-refractivity contribution in [2.45, 2.75) is 19.0 Å². The Morgan fingerprint density at radius 3 is 2.47 bits per heavy atom. The van der Waals surface area contributed by atoms with E-state index in [1.54, 1.807) is 12.1 Å². The van der Waals surface area contributed by atoms with E-state index in [0.717, 1.165) is 11.1 Å². The molecule has 0 saturated heterocycles. The third kappa shape index (κ3) is 4.75. The van der Waals surface area contributed by atoms with E-state index in [-0.39, 0.29) is 13.2 Å². The molecular formula is C12H15F3O2. The van der Waals surface area contributed by atoms with Crippen LogP contribution in [-0.2, 0) is 4.74 Å². The van der Waals surface area contributed by atoms with Gasteiger partial charge in [0.15, 0.2) is 0 Å². The molecule has 0 heterocycles. The van der Waals surface area contributed by atoms with Crippen LogP contribution in [0.25, 0.3) is 0 Å². The van der Waals surface area contributed by atoms with Crippen molar-refractivity contribution in [3.8, 4) is 0 Å². The molecule has 1 atom stereocenters. The lowest BCUT2D eigenvalue weighted by molar-refractivity contribution is -0.175. The van der Waals surface area contributed by atoms with Gasteiger partial charge in [0.2, 0.25) is 0 Å². The first kappa shape index (κ1) is 14.0. The molecule has 96 valence electrons. The molecule has 1 N–H and O–H groups in total. The minimum atomic E-state index is -4.33. The van der Waals surface area contributed by atoms with Crippen molar-refractivity contribution in [2.24, 2.45) is 0 Å². The number of hydrogen-bond acceptors (Lipinski definition) is 2. The maximum absolute atomic E-state index is 11.9. The molecular weight excluding hydrogens is 233 g/mol. The third-order valence-electron chi connectivity index (χ3n) is 2.43. The molecule has 0 aromatic heterocycles. The molecule has 0 spiro atoms. The number of aryl methyl sites for hydroxylation is 1. The second-order valence-corrected chi connectivity index (χ2v) is 3.87. The Labute approximate surface area is 98.0 Å². The summed E-state index contributed by atoms with van der Waals surface area (Å²) in [4.78, 5) is 0. The van der Waals surface area contributed by atoms with Gasteiger partial charge in [0.05, 0.1) is 13.2 Å². The number of alkyl halides is 3. The van der Waals surface area contributed by atoms with Gasteiger partial charge >= 0.3 is 6.18 Å². The van der Waals surface area contributed by atoms with Gasteiger partial charge in [-0.2, -0.15) is 13.2 Å². The monoisotopic (exact) mass is 248 g/mol. The highest BCUT2D eigenvalue weighted by Crippen LogP contribution is 2.21. The summed E-state index contributed by atoms with van der Waals surface area (Å²) in [6.07, 6.45) is -4.33. The van der Waals surface area contributed by atoms with Crippen LogP contribution in [0.3, 0.4) is 0 Å². The van der Waals surface area contributed by atoms with E-state index < -0.39 is 18.7 Å². The largest absolute Gasteiger partial charge is 0.411 e. The van der Waals surface area contributed by atoms with Crippen molar-refractivity contribution in [3.05, 3.63) is 35.4 Å². The zero-order valence-corrected chi connectivity index (χ0v) is 9.50. The fourth-order valence-electron chi connectivity index (χ4n) is 1.60. The molecule has 0 saturated carbocycles. The van der Waals surface area contributed by atoms with E-state index in [2.05, 4.69) is 4.74 Å². The second kappa shape index (κ2) is 6.02. The average Bonchev–Trinajstić information content (AvgIpc) is 2.24. The van der Waals surface area contributed by atoms with Gasteiger partial charge in [0, 0.05) is 5.92 Å². The van der Waals surface area contributed by atoms with E-state index >= 15 is 0 Å². The van der Waals surface area contributed by atoms with E-state index in [9.17, 15) is 18.3 Å². The van der Waals surface area contributed by atoms with Crippen molar-refractivity contribution in [1.29, 1.82) is 0 Å². The first-order valence-corrected chi connectivity index (χ1v) is 5.25. The summed E-state index contributed by atoms with van der Waals surface area (Å²) < 4.78 is 40.3. The summed E-state index contributed by atoms with van der Waals surface area (Å²) in [6, 6.07) is 7.26. The number of benzene rings is 1. The lowest BCUT2D eigenvalue weighted by Crippen LogP contribution is -2.21. The van der Waals surface area contributed by atoms with Crippen LogP contribution in [-0.4, -0.2) is 31.1 Å². The van der Waals surface area contributed by atoms with Crippen molar-refractivity contribution < 1.29 is 23.0 Å². The first-order chi connectivity index (χ1) is 7.94. The van der Waals surface area contributed by atoms with Gasteiger partial charge in [-0.1, -0.05) is 24.3 Å². The number of rotatable bonds is 5.